The Balaban J connectivity index is 2.52. The second-order valence-electron chi connectivity index (χ2n) is 2.88. The van der Waals surface area contributed by atoms with E-state index in [1.54, 1.807) is 0 Å². The first-order valence-corrected chi connectivity index (χ1v) is 4.01. The second kappa shape index (κ2) is 3.21. The Labute approximate surface area is 78.3 Å². The van der Waals surface area contributed by atoms with Crippen LogP contribution < -0.4 is 5.73 Å². The molecule has 0 fully saturated rings. The third-order valence-corrected chi connectivity index (χ3v) is 1.91. The van der Waals surface area contributed by atoms with E-state index in [9.17, 15) is 8.78 Å². The third kappa shape index (κ3) is 1.39. The number of rotatable bonds is 2. The van der Waals surface area contributed by atoms with Gasteiger partial charge in [-0.25, -0.2) is 8.78 Å². The molecule has 0 radical (unpaired) electrons. The van der Waals surface area contributed by atoms with Crippen LogP contribution in [-0.4, -0.2) is 21.2 Å². The zero-order valence-corrected chi connectivity index (χ0v) is 7.19. The van der Waals surface area contributed by atoms with Gasteiger partial charge in [0, 0.05) is 5.39 Å². The monoisotopic (exact) mass is 198 g/mol. The summed E-state index contributed by atoms with van der Waals surface area (Å²) < 4.78 is 25.4. The van der Waals surface area contributed by atoms with Crippen molar-refractivity contribution in [2.24, 2.45) is 0 Å². The lowest BCUT2D eigenvalue weighted by Gasteiger charge is -2.01. The van der Waals surface area contributed by atoms with Gasteiger partial charge in [0.05, 0.1) is 29.8 Å². The summed E-state index contributed by atoms with van der Waals surface area (Å²) in [4.78, 5) is 3.82. The molecule has 0 aliphatic rings. The number of fused-ring (bicyclic) bond motifs is 1. The molecule has 4 nitrogen and oxygen atoms in total. The molecule has 0 aliphatic heterocycles. The van der Waals surface area contributed by atoms with Crippen LogP contribution in [0.5, 0.6) is 0 Å². The van der Waals surface area contributed by atoms with Gasteiger partial charge in [-0.2, -0.15) is 5.10 Å². The maximum Gasteiger partial charge on any atom is 0.257 e. The van der Waals surface area contributed by atoms with Crippen molar-refractivity contribution in [3.8, 4) is 0 Å². The van der Waals surface area contributed by atoms with Gasteiger partial charge in [-0.3, -0.25) is 9.67 Å². The van der Waals surface area contributed by atoms with E-state index in [0.29, 0.717) is 16.6 Å². The highest BCUT2D eigenvalue weighted by Gasteiger charge is 2.09. The van der Waals surface area contributed by atoms with Crippen molar-refractivity contribution in [1.29, 1.82) is 0 Å². The Morgan fingerprint density at radius 2 is 2.14 bits per heavy atom. The lowest BCUT2D eigenvalue weighted by atomic mass is 10.3. The van der Waals surface area contributed by atoms with Crippen LogP contribution in [-0.2, 0) is 6.54 Å². The van der Waals surface area contributed by atoms with Crippen LogP contribution in [0, 0.1) is 0 Å². The van der Waals surface area contributed by atoms with Crippen LogP contribution >= 0.6 is 0 Å². The molecule has 0 unspecified atom stereocenters. The van der Waals surface area contributed by atoms with Gasteiger partial charge in [0.15, 0.2) is 0 Å². The van der Waals surface area contributed by atoms with E-state index in [1.807, 2.05) is 0 Å². The Morgan fingerprint density at radius 1 is 1.36 bits per heavy atom. The number of hydrogen-bond donors (Lipinski definition) is 1. The van der Waals surface area contributed by atoms with E-state index < -0.39 is 13.0 Å². The van der Waals surface area contributed by atoms with Gasteiger partial charge in [-0.1, -0.05) is 0 Å². The molecule has 0 saturated heterocycles. The molecule has 0 bridgehead atoms. The van der Waals surface area contributed by atoms with E-state index >= 15 is 0 Å². The molecule has 14 heavy (non-hydrogen) atoms. The first kappa shape index (κ1) is 8.86. The first-order chi connectivity index (χ1) is 6.68. The molecular weight excluding hydrogens is 190 g/mol. The minimum absolute atomic E-state index is 0.436. The van der Waals surface area contributed by atoms with Crippen molar-refractivity contribution in [3.05, 3.63) is 18.6 Å². The summed E-state index contributed by atoms with van der Waals surface area (Å²) in [5.74, 6) is 0. The van der Waals surface area contributed by atoms with E-state index in [0.717, 1.165) is 0 Å². The first-order valence-electron chi connectivity index (χ1n) is 4.01. The summed E-state index contributed by atoms with van der Waals surface area (Å²) >= 11 is 0. The summed E-state index contributed by atoms with van der Waals surface area (Å²) in [6.45, 7) is -0.436. The standard InChI is InChI=1S/C8H8F2N4/c9-8(10)4-14-7-3-12-2-6(11)5(7)1-13-14/h1-3,8H,4,11H2. The summed E-state index contributed by atoms with van der Waals surface area (Å²) in [6, 6.07) is 0. The molecule has 6 heteroatoms. The quantitative estimate of drug-likeness (QED) is 0.790. The SMILES string of the molecule is Nc1cncc2c1cnn2CC(F)F. The number of nitrogen functional groups attached to an aromatic ring is 1. The molecule has 2 aromatic rings. The predicted molar refractivity (Wildman–Crippen MR) is 47.9 cm³/mol. The van der Waals surface area contributed by atoms with E-state index in [2.05, 4.69) is 10.1 Å². The Hall–Kier alpha value is -1.72. The van der Waals surface area contributed by atoms with Crippen molar-refractivity contribution in [1.82, 2.24) is 14.8 Å². The zero-order chi connectivity index (χ0) is 10.1. The van der Waals surface area contributed by atoms with Crippen molar-refractivity contribution in [3.63, 3.8) is 0 Å². The summed E-state index contributed by atoms with van der Waals surface area (Å²) in [5.41, 5.74) is 6.58. The fourth-order valence-corrected chi connectivity index (χ4v) is 1.29. The van der Waals surface area contributed by atoms with Crippen molar-refractivity contribution < 1.29 is 8.78 Å². The van der Waals surface area contributed by atoms with Crippen LogP contribution in [0.4, 0.5) is 14.5 Å². The lowest BCUT2D eigenvalue weighted by molar-refractivity contribution is 0.123. The highest BCUT2D eigenvalue weighted by molar-refractivity contribution is 5.88. The summed E-state index contributed by atoms with van der Waals surface area (Å²) in [7, 11) is 0. The molecule has 2 N–H and O–H groups in total. The summed E-state index contributed by atoms with van der Waals surface area (Å²) in [6.07, 6.45) is 1.98. The maximum absolute atomic E-state index is 12.1. The average Bonchev–Trinajstić information content (AvgIpc) is 2.49. The van der Waals surface area contributed by atoms with E-state index in [1.165, 1.54) is 23.3 Å². The van der Waals surface area contributed by atoms with Gasteiger partial charge in [-0.15, -0.1) is 0 Å². The lowest BCUT2D eigenvalue weighted by Crippen LogP contribution is -2.07. The van der Waals surface area contributed by atoms with Crippen LogP contribution in [0.2, 0.25) is 0 Å². The third-order valence-electron chi connectivity index (χ3n) is 1.91. The molecule has 2 heterocycles. The maximum atomic E-state index is 12.1. The van der Waals surface area contributed by atoms with E-state index in [4.69, 9.17) is 5.73 Å². The minimum atomic E-state index is -2.43. The number of hydrogen-bond acceptors (Lipinski definition) is 3. The van der Waals surface area contributed by atoms with Crippen LogP contribution in [0.25, 0.3) is 10.9 Å². The smallest absolute Gasteiger partial charge is 0.257 e. The molecule has 2 aromatic heterocycles. The van der Waals surface area contributed by atoms with Crippen molar-refractivity contribution in [2.75, 3.05) is 5.73 Å². The molecule has 0 aliphatic carbocycles. The highest BCUT2D eigenvalue weighted by Crippen LogP contribution is 2.19. The fraction of sp³-hybridized carbons (Fsp3) is 0.250. The number of pyridine rings is 1. The molecule has 0 amide bonds. The van der Waals surface area contributed by atoms with Crippen LogP contribution in [0.1, 0.15) is 0 Å². The normalized spacial score (nSPS) is 11.4. The Bertz CT molecular complexity index is 452. The summed E-state index contributed by atoms with van der Waals surface area (Å²) in [5, 5.41) is 4.47. The number of halogens is 2. The molecule has 0 atom stereocenters. The topological polar surface area (TPSA) is 56.7 Å². The number of anilines is 1. The largest absolute Gasteiger partial charge is 0.397 e. The molecule has 74 valence electrons. The zero-order valence-electron chi connectivity index (χ0n) is 7.19. The molecule has 0 aromatic carbocycles. The van der Waals surface area contributed by atoms with Gasteiger partial charge in [-0.05, 0) is 0 Å². The number of nitrogens with zero attached hydrogens (tertiary/aromatic N) is 3. The van der Waals surface area contributed by atoms with E-state index in [-0.39, 0.29) is 0 Å². The molecule has 0 spiro atoms. The van der Waals surface area contributed by atoms with Gasteiger partial charge >= 0.3 is 0 Å². The average molecular weight is 198 g/mol. The fourth-order valence-electron chi connectivity index (χ4n) is 1.29. The van der Waals surface area contributed by atoms with Gasteiger partial charge in [0.25, 0.3) is 6.43 Å². The highest BCUT2D eigenvalue weighted by atomic mass is 19.3. The van der Waals surface area contributed by atoms with Gasteiger partial charge in [0.1, 0.15) is 6.54 Å². The van der Waals surface area contributed by atoms with Crippen molar-refractivity contribution in [2.45, 2.75) is 13.0 Å². The molecule has 2 rings (SSSR count). The number of alkyl halides is 2. The molecule has 0 saturated carbocycles. The van der Waals surface area contributed by atoms with Gasteiger partial charge in [0.2, 0.25) is 0 Å². The molecular formula is C8H8F2N4. The van der Waals surface area contributed by atoms with Crippen molar-refractivity contribution >= 4 is 16.6 Å². The number of aromatic nitrogens is 3. The second-order valence-corrected chi connectivity index (χ2v) is 2.88. The Morgan fingerprint density at radius 3 is 2.86 bits per heavy atom. The van der Waals surface area contributed by atoms with Crippen LogP contribution in [0.3, 0.4) is 0 Å². The number of nitrogens with two attached hydrogens (primary N) is 1. The van der Waals surface area contributed by atoms with Gasteiger partial charge < -0.3 is 5.73 Å². The minimum Gasteiger partial charge on any atom is -0.397 e. The Kier molecular flexibility index (Phi) is 2.03. The van der Waals surface area contributed by atoms with Crippen LogP contribution in [0.15, 0.2) is 18.6 Å². The predicted octanol–water partition coefficient (Wildman–Crippen LogP) is 1.28.